The molecule has 0 saturated heterocycles. The first-order valence-corrected chi connectivity index (χ1v) is 9.65. The zero-order chi connectivity index (χ0) is 20.6. The van der Waals surface area contributed by atoms with Crippen LogP contribution in [-0.2, 0) is 11.3 Å². The van der Waals surface area contributed by atoms with Crippen LogP contribution in [0.15, 0.2) is 108 Å². The molecule has 0 unspecified atom stereocenters. The number of carbonyl (C=O) groups is 1. The van der Waals surface area contributed by atoms with Crippen molar-refractivity contribution in [2.24, 2.45) is 0 Å². The van der Waals surface area contributed by atoms with Gasteiger partial charge in [-0.3, -0.25) is 9.69 Å². The van der Waals surface area contributed by atoms with Crippen molar-refractivity contribution >= 4 is 29.6 Å². The van der Waals surface area contributed by atoms with Gasteiger partial charge in [0.2, 0.25) is 5.88 Å². The van der Waals surface area contributed by atoms with Crippen molar-refractivity contribution in [3.8, 4) is 0 Å². The normalized spacial score (nSPS) is 10.8. The monoisotopic (exact) mass is 395 g/mol. The van der Waals surface area contributed by atoms with E-state index in [4.69, 9.17) is 9.15 Å². The summed E-state index contributed by atoms with van der Waals surface area (Å²) in [6.45, 7) is 0.351. The van der Waals surface area contributed by atoms with Gasteiger partial charge in [-0.15, -0.1) is 0 Å². The summed E-state index contributed by atoms with van der Waals surface area (Å²) in [6, 6.07) is 29.4. The Labute approximate surface area is 175 Å². The standard InChI is InChI=1S/C26H21NO3/c28-19-22-7-4-5-8-23(22)20-29-18-16-21-12-14-25(15-13-21)27(26-11-6-17-30-26)24-9-2-1-3-10-24/h1-19H,20H2. The molecule has 0 fully saturated rings. The highest BCUT2D eigenvalue weighted by atomic mass is 16.5. The average Bonchev–Trinajstić information content (AvgIpc) is 3.33. The van der Waals surface area contributed by atoms with E-state index in [0.29, 0.717) is 12.2 Å². The first-order chi connectivity index (χ1) is 14.8. The maximum Gasteiger partial charge on any atom is 0.204 e. The van der Waals surface area contributed by atoms with Crippen molar-refractivity contribution in [1.29, 1.82) is 0 Å². The molecule has 4 aromatic rings. The predicted octanol–water partition coefficient (Wildman–Crippen LogP) is 6.75. The van der Waals surface area contributed by atoms with E-state index < -0.39 is 0 Å². The van der Waals surface area contributed by atoms with Gasteiger partial charge in [0.15, 0.2) is 0 Å². The first kappa shape index (κ1) is 19.3. The topological polar surface area (TPSA) is 42.7 Å². The fourth-order valence-corrected chi connectivity index (χ4v) is 3.16. The van der Waals surface area contributed by atoms with Crippen LogP contribution < -0.4 is 4.90 Å². The van der Waals surface area contributed by atoms with Crippen LogP contribution in [0.5, 0.6) is 0 Å². The quantitative estimate of drug-likeness (QED) is 0.244. The summed E-state index contributed by atoms with van der Waals surface area (Å²) >= 11 is 0. The summed E-state index contributed by atoms with van der Waals surface area (Å²) in [6.07, 6.45) is 6.06. The van der Waals surface area contributed by atoms with Crippen LogP contribution in [0.3, 0.4) is 0 Å². The van der Waals surface area contributed by atoms with Crippen molar-refractivity contribution in [3.05, 3.63) is 120 Å². The van der Waals surface area contributed by atoms with Crippen LogP contribution in [0.2, 0.25) is 0 Å². The Hall–Kier alpha value is -4.05. The fraction of sp³-hybridized carbons (Fsp3) is 0.0385. The van der Waals surface area contributed by atoms with E-state index in [9.17, 15) is 4.79 Å². The highest BCUT2D eigenvalue weighted by Crippen LogP contribution is 2.34. The Morgan fingerprint density at radius 1 is 0.800 bits per heavy atom. The number of benzene rings is 3. The minimum Gasteiger partial charge on any atom is -0.496 e. The second-order valence-corrected chi connectivity index (χ2v) is 6.64. The van der Waals surface area contributed by atoms with E-state index >= 15 is 0 Å². The van der Waals surface area contributed by atoms with E-state index in [0.717, 1.165) is 34.7 Å². The van der Waals surface area contributed by atoms with E-state index in [1.807, 2.05) is 91.0 Å². The lowest BCUT2D eigenvalue weighted by molar-refractivity contribution is 0.112. The molecule has 4 nitrogen and oxygen atoms in total. The lowest BCUT2D eigenvalue weighted by Gasteiger charge is -2.22. The Bertz CT molecular complexity index is 1100. The minimum atomic E-state index is 0.351. The van der Waals surface area contributed by atoms with Gasteiger partial charge in [-0.1, -0.05) is 54.6 Å². The van der Waals surface area contributed by atoms with Crippen LogP contribution in [0, 0.1) is 0 Å². The van der Waals surface area contributed by atoms with Gasteiger partial charge in [0.25, 0.3) is 0 Å². The Balaban J connectivity index is 1.46. The minimum absolute atomic E-state index is 0.351. The zero-order valence-corrected chi connectivity index (χ0v) is 16.3. The Morgan fingerprint density at radius 3 is 2.27 bits per heavy atom. The molecule has 0 bridgehead atoms. The molecule has 0 N–H and O–H groups in total. The molecule has 148 valence electrons. The second-order valence-electron chi connectivity index (χ2n) is 6.64. The molecular formula is C26H21NO3. The zero-order valence-electron chi connectivity index (χ0n) is 16.3. The molecule has 0 aliphatic heterocycles. The summed E-state index contributed by atoms with van der Waals surface area (Å²) in [5.74, 6) is 0.752. The van der Waals surface area contributed by atoms with Crippen LogP contribution in [0.4, 0.5) is 17.3 Å². The van der Waals surface area contributed by atoms with Gasteiger partial charge in [0.05, 0.1) is 12.5 Å². The highest BCUT2D eigenvalue weighted by Gasteiger charge is 2.13. The fourth-order valence-electron chi connectivity index (χ4n) is 3.16. The molecule has 0 radical (unpaired) electrons. The summed E-state index contributed by atoms with van der Waals surface area (Å²) < 4.78 is 11.2. The third-order valence-corrected chi connectivity index (χ3v) is 4.67. The number of carbonyl (C=O) groups excluding carboxylic acids is 1. The Morgan fingerprint density at radius 2 is 1.53 bits per heavy atom. The van der Waals surface area contributed by atoms with Crippen LogP contribution in [0.25, 0.3) is 6.08 Å². The maximum atomic E-state index is 11.1. The lowest BCUT2D eigenvalue weighted by Crippen LogP contribution is -2.08. The summed E-state index contributed by atoms with van der Waals surface area (Å²) in [4.78, 5) is 13.1. The van der Waals surface area contributed by atoms with Gasteiger partial charge in [-0.2, -0.15) is 0 Å². The van der Waals surface area contributed by atoms with Crippen molar-refractivity contribution in [2.75, 3.05) is 4.90 Å². The third-order valence-electron chi connectivity index (χ3n) is 4.67. The third kappa shape index (κ3) is 4.50. The first-order valence-electron chi connectivity index (χ1n) is 9.65. The van der Waals surface area contributed by atoms with E-state index in [2.05, 4.69) is 4.90 Å². The number of anilines is 3. The number of hydrogen-bond acceptors (Lipinski definition) is 4. The van der Waals surface area contributed by atoms with Crippen molar-refractivity contribution in [3.63, 3.8) is 0 Å². The Kier molecular flexibility index (Phi) is 6.06. The number of para-hydroxylation sites is 1. The number of nitrogens with zero attached hydrogens (tertiary/aromatic N) is 1. The van der Waals surface area contributed by atoms with Gasteiger partial charge >= 0.3 is 0 Å². The number of hydrogen-bond donors (Lipinski definition) is 0. The number of ether oxygens (including phenoxy) is 1. The van der Waals surface area contributed by atoms with Gasteiger partial charge in [-0.25, -0.2) is 0 Å². The molecule has 0 amide bonds. The van der Waals surface area contributed by atoms with Crippen molar-refractivity contribution in [2.45, 2.75) is 6.61 Å². The molecule has 0 saturated carbocycles. The van der Waals surface area contributed by atoms with Crippen LogP contribution in [0.1, 0.15) is 21.5 Å². The van der Waals surface area contributed by atoms with Crippen molar-refractivity contribution < 1.29 is 13.9 Å². The number of furan rings is 1. The molecule has 0 spiro atoms. The number of rotatable bonds is 8. The SMILES string of the molecule is O=Cc1ccccc1COC=Cc1ccc(N(c2ccccc2)c2ccco2)cc1. The molecule has 1 heterocycles. The van der Waals surface area contributed by atoms with E-state index in [1.54, 1.807) is 18.6 Å². The largest absolute Gasteiger partial charge is 0.496 e. The maximum absolute atomic E-state index is 11.1. The van der Waals surface area contributed by atoms with Crippen LogP contribution in [-0.4, -0.2) is 6.29 Å². The van der Waals surface area contributed by atoms with Gasteiger partial charge in [0.1, 0.15) is 12.9 Å². The van der Waals surface area contributed by atoms with E-state index in [-0.39, 0.29) is 0 Å². The molecule has 30 heavy (non-hydrogen) atoms. The van der Waals surface area contributed by atoms with Gasteiger partial charge in [-0.05, 0) is 47.5 Å². The smallest absolute Gasteiger partial charge is 0.204 e. The van der Waals surface area contributed by atoms with Crippen molar-refractivity contribution in [1.82, 2.24) is 0 Å². The number of aldehydes is 1. The molecule has 4 heteroatoms. The van der Waals surface area contributed by atoms with Gasteiger partial charge in [0, 0.05) is 23.0 Å². The molecule has 3 aromatic carbocycles. The summed E-state index contributed by atoms with van der Waals surface area (Å²) in [7, 11) is 0. The molecule has 0 aliphatic rings. The predicted molar refractivity (Wildman–Crippen MR) is 119 cm³/mol. The lowest BCUT2D eigenvalue weighted by atomic mass is 10.1. The van der Waals surface area contributed by atoms with E-state index in [1.165, 1.54) is 0 Å². The molecule has 0 aliphatic carbocycles. The summed E-state index contributed by atoms with van der Waals surface area (Å²) in [5, 5.41) is 0. The molecule has 0 atom stereocenters. The summed E-state index contributed by atoms with van der Waals surface area (Å²) in [5.41, 5.74) is 4.54. The molecular weight excluding hydrogens is 374 g/mol. The highest BCUT2D eigenvalue weighted by molar-refractivity contribution is 5.77. The second kappa shape index (κ2) is 9.43. The molecule has 1 aromatic heterocycles. The van der Waals surface area contributed by atoms with Gasteiger partial charge < -0.3 is 9.15 Å². The average molecular weight is 395 g/mol. The van der Waals surface area contributed by atoms with Crippen LogP contribution >= 0.6 is 0 Å². The molecule has 4 rings (SSSR count).